The van der Waals surface area contributed by atoms with E-state index < -0.39 is 10.8 Å². The maximum atomic E-state index is 11.1. The zero-order chi connectivity index (χ0) is 14.0. The van der Waals surface area contributed by atoms with Gasteiger partial charge in [0, 0.05) is 37.3 Å². The normalized spacial score (nSPS) is 19.2. The molecule has 3 N–H and O–H groups in total. The van der Waals surface area contributed by atoms with E-state index in [9.17, 15) is 14.9 Å². The maximum absolute atomic E-state index is 11.1. The molecule has 7 heteroatoms. The van der Waals surface area contributed by atoms with Crippen LogP contribution in [0.25, 0.3) is 0 Å². The Kier molecular flexibility index (Phi) is 3.66. The minimum atomic E-state index is -0.664. The van der Waals surface area contributed by atoms with Crippen molar-refractivity contribution in [1.82, 2.24) is 5.32 Å². The third kappa shape index (κ3) is 2.82. The minimum Gasteiger partial charge on any atom is -0.366 e. The number of amides is 1. The highest BCUT2D eigenvalue weighted by Gasteiger charge is 2.24. The van der Waals surface area contributed by atoms with Gasteiger partial charge in [-0.15, -0.1) is 0 Å². The zero-order valence-corrected chi connectivity index (χ0v) is 10.6. The molecular weight excluding hydrogens is 248 g/mol. The van der Waals surface area contributed by atoms with E-state index >= 15 is 0 Å². The van der Waals surface area contributed by atoms with E-state index in [0.29, 0.717) is 18.8 Å². The van der Waals surface area contributed by atoms with Gasteiger partial charge in [0.05, 0.1) is 4.92 Å². The fourth-order valence-corrected chi connectivity index (χ4v) is 2.24. The van der Waals surface area contributed by atoms with Crippen molar-refractivity contribution < 1.29 is 9.72 Å². The van der Waals surface area contributed by atoms with E-state index in [1.165, 1.54) is 12.1 Å². The van der Waals surface area contributed by atoms with Crippen molar-refractivity contribution >= 4 is 17.3 Å². The summed E-state index contributed by atoms with van der Waals surface area (Å²) in [5.74, 6) is -0.664. The first-order chi connectivity index (χ1) is 8.99. The number of nitrogens with two attached hydrogens (primary N) is 1. The summed E-state index contributed by atoms with van der Waals surface area (Å²) in [5, 5.41) is 14.4. The van der Waals surface area contributed by atoms with Crippen LogP contribution in [-0.4, -0.2) is 36.5 Å². The Hall–Kier alpha value is -2.15. The van der Waals surface area contributed by atoms with Crippen LogP contribution in [0.15, 0.2) is 18.2 Å². The Morgan fingerprint density at radius 2 is 2.32 bits per heavy atom. The number of carbonyl (C=O) groups excluding carboxylic acids is 1. The van der Waals surface area contributed by atoms with Gasteiger partial charge in [-0.3, -0.25) is 14.9 Å². The molecule has 0 bridgehead atoms. The molecule has 7 nitrogen and oxygen atoms in total. The number of hydrogen-bond acceptors (Lipinski definition) is 5. The van der Waals surface area contributed by atoms with Crippen LogP contribution in [-0.2, 0) is 0 Å². The van der Waals surface area contributed by atoms with Crippen LogP contribution >= 0.6 is 0 Å². The highest BCUT2D eigenvalue weighted by atomic mass is 16.6. The number of primary amides is 1. The number of hydrogen-bond donors (Lipinski definition) is 2. The molecule has 1 heterocycles. The summed E-state index contributed by atoms with van der Waals surface area (Å²) in [5.41, 5.74) is 5.75. The average molecular weight is 264 g/mol. The second-order valence-electron chi connectivity index (χ2n) is 4.63. The van der Waals surface area contributed by atoms with Crippen LogP contribution in [0.3, 0.4) is 0 Å². The van der Waals surface area contributed by atoms with Gasteiger partial charge in [-0.25, -0.2) is 0 Å². The Bertz CT molecular complexity index is 518. The van der Waals surface area contributed by atoms with Crippen LogP contribution in [0.1, 0.15) is 17.3 Å². The highest BCUT2D eigenvalue weighted by Crippen LogP contribution is 2.29. The second-order valence-corrected chi connectivity index (χ2v) is 4.63. The van der Waals surface area contributed by atoms with E-state index in [4.69, 9.17) is 5.73 Å². The molecular formula is C12H16N4O3. The van der Waals surface area contributed by atoms with Gasteiger partial charge in [0.2, 0.25) is 5.91 Å². The molecule has 0 saturated carbocycles. The lowest BCUT2D eigenvalue weighted by Gasteiger charge is -2.33. The fraction of sp³-hybridized carbons (Fsp3) is 0.417. The van der Waals surface area contributed by atoms with Crippen LogP contribution < -0.4 is 16.0 Å². The van der Waals surface area contributed by atoms with Gasteiger partial charge < -0.3 is 16.0 Å². The van der Waals surface area contributed by atoms with Crippen LogP contribution in [0, 0.1) is 10.1 Å². The van der Waals surface area contributed by atoms with Gasteiger partial charge in [-0.1, -0.05) is 0 Å². The zero-order valence-electron chi connectivity index (χ0n) is 10.6. The van der Waals surface area contributed by atoms with Crippen molar-refractivity contribution in [2.45, 2.75) is 13.0 Å². The summed E-state index contributed by atoms with van der Waals surface area (Å²) < 4.78 is 0. The monoisotopic (exact) mass is 264 g/mol. The third-order valence-corrected chi connectivity index (χ3v) is 3.17. The number of carbonyl (C=O) groups is 1. The second kappa shape index (κ2) is 5.23. The first kappa shape index (κ1) is 13.3. The molecule has 1 aliphatic heterocycles. The Labute approximate surface area is 110 Å². The molecule has 1 aromatic carbocycles. The van der Waals surface area contributed by atoms with Crippen molar-refractivity contribution in [2.24, 2.45) is 5.73 Å². The van der Waals surface area contributed by atoms with Crippen molar-refractivity contribution in [3.8, 4) is 0 Å². The predicted octanol–water partition coefficient (Wildman–Crippen LogP) is 0.492. The number of nitro benzene ring substituents is 1. The smallest absolute Gasteiger partial charge is 0.293 e. The van der Waals surface area contributed by atoms with Crippen LogP contribution in [0.2, 0.25) is 0 Å². The SMILES string of the molecule is C[C@H]1CN(c2ccc(C(N)=O)cc2[N+](=O)[O-])CCN1. The van der Waals surface area contributed by atoms with Crippen molar-refractivity contribution in [3.05, 3.63) is 33.9 Å². The van der Waals surface area contributed by atoms with Gasteiger partial charge in [-0.05, 0) is 19.1 Å². The number of anilines is 1. The van der Waals surface area contributed by atoms with Gasteiger partial charge in [0.15, 0.2) is 0 Å². The summed E-state index contributed by atoms with van der Waals surface area (Å²) in [4.78, 5) is 23.7. The Morgan fingerprint density at radius 3 is 2.89 bits per heavy atom. The summed E-state index contributed by atoms with van der Waals surface area (Å²) in [6, 6.07) is 4.63. The average Bonchev–Trinajstić information content (AvgIpc) is 2.37. The number of nitro groups is 1. The Balaban J connectivity index is 2.38. The molecule has 2 rings (SSSR count). The highest BCUT2D eigenvalue weighted by molar-refractivity contribution is 5.94. The van der Waals surface area contributed by atoms with Crippen molar-refractivity contribution in [1.29, 1.82) is 0 Å². The molecule has 0 unspecified atom stereocenters. The van der Waals surface area contributed by atoms with E-state index in [2.05, 4.69) is 5.32 Å². The molecule has 0 aromatic heterocycles. The third-order valence-electron chi connectivity index (χ3n) is 3.17. The van der Waals surface area contributed by atoms with E-state index in [0.717, 1.165) is 6.54 Å². The van der Waals surface area contributed by atoms with Crippen LogP contribution in [0.4, 0.5) is 11.4 Å². The van der Waals surface area contributed by atoms with Gasteiger partial charge in [-0.2, -0.15) is 0 Å². The topological polar surface area (TPSA) is 102 Å². The van der Waals surface area contributed by atoms with E-state index in [-0.39, 0.29) is 17.3 Å². The maximum Gasteiger partial charge on any atom is 0.293 e. The molecule has 1 aliphatic rings. The molecule has 0 aliphatic carbocycles. The molecule has 1 atom stereocenters. The molecule has 1 fully saturated rings. The van der Waals surface area contributed by atoms with E-state index in [1.54, 1.807) is 6.07 Å². The van der Waals surface area contributed by atoms with Crippen molar-refractivity contribution in [3.63, 3.8) is 0 Å². The molecule has 0 radical (unpaired) electrons. The molecule has 0 spiro atoms. The number of piperazine rings is 1. The predicted molar refractivity (Wildman–Crippen MR) is 71.3 cm³/mol. The first-order valence-electron chi connectivity index (χ1n) is 6.05. The van der Waals surface area contributed by atoms with Gasteiger partial charge in [0.1, 0.15) is 5.69 Å². The quantitative estimate of drug-likeness (QED) is 0.611. The lowest BCUT2D eigenvalue weighted by Crippen LogP contribution is -2.49. The fourth-order valence-electron chi connectivity index (χ4n) is 2.24. The summed E-state index contributed by atoms with van der Waals surface area (Å²) in [6.07, 6.45) is 0. The number of nitrogens with one attached hydrogen (secondary N) is 1. The lowest BCUT2D eigenvalue weighted by atomic mass is 10.1. The van der Waals surface area contributed by atoms with Crippen LogP contribution in [0.5, 0.6) is 0 Å². The molecule has 102 valence electrons. The lowest BCUT2D eigenvalue weighted by molar-refractivity contribution is -0.384. The molecule has 1 amide bonds. The summed E-state index contributed by atoms with van der Waals surface area (Å²) >= 11 is 0. The largest absolute Gasteiger partial charge is 0.366 e. The molecule has 1 saturated heterocycles. The summed E-state index contributed by atoms with van der Waals surface area (Å²) in [6.45, 7) is 4.18. The first-order valence-corrected chi connectivity index (χ1v) is 6.05. The number of rotatable bonds is 3. The minimum absolute atomic E-state index is 0.0783. The molecule has 1 aromatic rings. The summed E-state index contributed by atoms with van der Waals surface area (Å²) in [7, 11) is 0. The van der Waals surface area contributed by atoms with Gasteiger partial charge in [0.25, 0.3) is 5.69 Å². The Morgan fingerprint density at radius 1 is 1.58 bits per heavy atom. The molecule has 19 heavy (non-hydrogen) atoms. The number of nitrogens with zero attached hydrogens (tertiary/aromatic N) is 2. The van der Waals surface area contributed by atoms with E-state index in [1.807, 2.05) is 11.8 Å². The number of benzene rings is 1. The standard InChI is InChI=1S/C12H16N4O3/c1-8-7-15(5-4-14-8)10-3-2-9(12(13)17)6-11(10)16(18)19/h2-3,6,8,14H,4-5,7H2,1H3,(H2,13,17)/t8-/m0/s1. The van der Waals surface area contributed by atoms with Gasteiger partial charge >= 0.3 is 0 Å². The van der Waals surface area contributed by atoms with Crippen molar-refractivity contribution in [2.75, 3.05) is 24.5 Å².